The Labute approximate surface area is 170 Å². The molecule has 0 radical (unpaired) electrons. The van der Waals surface area contributed by atoms with Crippen LogP contribution < -0.4 is 14.8 Å². The van der Waals surface area contributed by atoms with Crippen LogP contribution in [0.15, 0.2) is 46.9 Å². The van der Waals surface area contributed by atoms with Gasteiger partial charge in [-0.2, -0.15) is 0 Å². The second-order valence-electron chi connectivity index (χ2n) is 6.40. The molecule has 28 heavy (non-hydrogen) atoms. The maximum Gasteiger partial charge on any atom is 0.252 e. The molecule has 1 aliphatic heterocycles. The fourth-order valence-corrected chi connectivity index (χ4v) is 3.23. The topological polar surface area (TPSA) is 67.9 Å². The molecule has 1 unspecified atom stereocenters. The van der Waals surface area contributed by atoms with E-state index in [9.17, 15) is 14.0 Å². The first-order valence-electron chi connectivity index (χ1n) is 8.79. The summed E-state index contributed by atoms with van der Waals surface area (Å²) in [7, 11) is 1.68. The van der Waals surface area contributed by atoms with Gasteiger partial charge in [-0.05, 0) is 46.3 Å². The van der Waals surface area contributed by atoms with Gasteiger partial charge in [0, 0.05) is 24.5 Å². The van der Waals surface area contributed by atoms with Crippen LogP contribution in [-0.2, 0) is 4.79 Å². The van der Waals surface area contributed by atoms with Gasteiger partial charge in [0.15, 0.2) is 17.6 Å². The van der Waals surface area contributed by atoms with Gasteiger partial charge in [0.25, 0.3) is 5.91 Å². The molecule has 0 saturated heterocycles. The highest BCUT2D eigenvalue weighted by molar-refractivity contribution is 9.10. The van der Waals surface area contributed by atoms with Crippen LogP contribution in [0.5, 0.6) is 11.5 Å². The van der Waals surface area contributed by atoms with Crippen molar-refractivity contribution in [2.24, 2.45) is 0 Å². The van der Waals surface area contributed by atoms with Gasteiger partial charge in [-0.25, -0.2) is 4.39 Å². The molecule has 1 heterocycles. The largest absolute Gasteiger partial charge is 0.486 e. The lowest BCUT2D eigenvalue weighted by Gasteiger charge is -2.29. The molecule has 3 rings (SSSR count). The van der Waals surface area contributed by atoms with Crippen LogP contribution in [0.4, 0.5) is 4.39 Å². The Bertz CT molecular complexity index is 877. The molecular weight excluding hydrogens is 431 g/mol. The molecule has 0 saturated carbocycles. The number of amides is 2. The zero-order valence-electron chi connectivity index (χ0n) is 15.3. The van der Waals surface area contributed by atoms with Gasteiger partial charge >= 0.3 is 0 Å². The summed E-state index contributed by atoms with van der Waals surface area (Å²) in [6.45, 7) is 0.880. The van der Waals surface area contributed by atoms with Crippen LogP contribution >= 0.6 is 15.9 Å². The lowest BCUT2D eigenvalue weighted by atomic mass is 10.2. The maximum absolute atomic E-state index is 13.3. The molecule has 0 aliphatic carbocycles. The first-order chi connectivity index (χ1) is 13.4. The summed E-state index contributed by atoms with van der Waals surface area (Å²) >= 11 is 3.21. The average Bonchev–Trinajstić information content (AvgIpc) is 2.69. The Morgan fingerprint density at radius 2 is 2.00 bits per heavy atom. The molecule has 0 fully saturated rings. The second-order valence-corrected chi connectivity index (χ2v) is 7.26. The molecule has 0 aromatic heterocycles. The molecule has 0 spiro atoms. The normalized spacial score (nSPS) is 15.0. The smallest absolute Gasteiger partial charge is 0.252 e. The number of carbonyl (C=O) groups excluding carboxylic acids is 2. The van der Waals surface area contributed by atoms with E-state index in [2.05, 4.69) is 21.2 Å². The number of rotatable bonds is 6. The number of nitrogens with one attached hydrogen (secondary N) is 1. The summed E-state index contributed by atoms with van der Waals surface area (Å²) in [5.41, 5.74) is 0.187. The van der Waals surface area contributed by atoms with Gasteiger partial charge in [0.1, 0.15) is 12.4 Å². The van der Waals surface area contributed by atoms with Crippen molar-refractivity contribution >= 4 is 27.7 Å². The van der Waals surface area contributed by atoms with E-state index in [0.29, 0.717) is 29.1 Å². The predicted octanol–water partition coefficient (Wildman–Crippen LogP) is 3.01. The number of carbonyl (C=O) groups is 2. The van der Waals surface area contributed by atoms with Crippen LogP contribution in [0.2, 0.25) is 0 Å². The van der Waals surface area contributed by atoms with Crippen molar-refractivity contribution in [2.75, 3.05) is 26.7 Å². The van der Waals surface area contributed by atoms with E-state index in [-0.39, 0.29) is 30.5 Å². The van der Waals surface area contributed by atoms with Gasteiger partial charge in [0.05, 0.1) is 12.1 Å². The summed E-state index contributed by atoms with van der Waals surface area (Å²) in [6.07, 6.45) is -0.138. The number of hydrogen-bond acceptors (Lipinski definition) is 4. The van der Waals surface area contributed by atoms with Crippen molar-refractivity contribution in [3.8, 4) is 11.5 Å². The Balaban J connectivity index is 1.45. The number of nitrogens with zero attached hydrogens (tertiary/aromatic N) is 1. The Hall–Kier alpha value is -2.61. The average molecular weight is 451 g/mol. The first-order valence-corrected chi connectivity index (χ1v) is 9.59. The lowest BCUT2D eigenvalue weighted by molar-refractivity contribution is -0.131. The molecule has 2 amide bonds. The third-order valence-electron chi connectivity index (χ3n) is 4.27. The van der Waals surface area contributed by atoms with E-state index in [1.165, 1.54) is 12.1 Å². The molecule has 1 N–H and O–H groups in total. The summed E-state index contributed by atoms with van der Waals surface area (Å²) in [5.74, 6) is 0.274. The first kappa shape index (κ1) is 20.1. The summed E-state index contributed by atoms with van der Waals surface area (Å²) in [4.78, 5) is 26.0. The van der Waals surface area contributed by atoms with E-state index in [4.69, 9.17) is 9.47 Å². The van der Waals surface area contributed by atoms with Gasteiger partial charge in [0.2, 0.25) is 5.91 Å². The molecule has 2 aromatic carbocycles. The number of para-hydroxylation sites is 2. The van der Waals surface area contributed by atoms with Gasteiger partial charge in [-0.15, -0.1) is 0 Å². The minimum absolute atomic E-state index is 0.124. The Kier molecular flexibility index (Phi) is 6.51. The zero-order valence-corrected chi connectivity index (χ0v) is 16.9. The second kappa shape index (κ2) is 9.05. The van der Waals surface area contributed by atoms with Crippen LogP contribution in [0, 0.1) is 5.82 Å². The van der Waals surface area contributed by atoms with Gasteiger partial charge < -0.3 is 19.7 Å². The highest BCUT2D eigenvalue weighted by Crippen LogP contribution is 2.30. The maximum atomic E-state index is 13.3. The van der Waals surface area contributed by atoms with Gasteiger partial charge in [-0.1, -0.05) is 12.1 Å². The lowest BCUT2D eigenvalue weighted by Crippen LogP contribution is -2.42. The van der Waals surface area contributed by atoms with Crippen molar-refractivity contribution in [3.05, 3.63) is 58.3 Å². The van der Waals surface area contributed by atoms with E-state index < -0.39 is 11.7 Å². The van der Waals surface area contributed by atoms with E-state index >= 15 is 0 Å². The number of ether oxygens (including phenoxy) is 2. The van der Waals surface area contributed by atoms with Gasteiger partial charge in [-0.3, -0.25) is 9.59 Å². The third-order valence-corrected chi connectivity index (χ3v) is 4.96. The SMILES string of the molecule is CN(CC1COc2ccccc2O1)C(=O)CCNC(=O)c1cc(F)ccc1Br. The monoisotopic (exact) mass is 450 g/mol. The molecular formula is C20H20BrFN2O4. The van der Waals surface area contributed by atoms with Crippen LogP contribution in [0.25, 0.3) is 0 Å². The highest BCUT2D eigenvalue weighted by atomic mass is 79.9. The summed E-state index contributed by atoms with van der Waals surface area (Å²) in [6, 6.07) is 11.3. The number of likely N-dealkylation sites (N-methyl/N-ethyl adjacent to an activating group) is 1. The van der Waals surface area contributed by atoms with E-state index in [0.717, 1.165) is 6.07 Å². The molecule has 148 valence electrons. The zero-order chi connectivity index (χ0) is 20.1. The van der Waals surface area contributed by atoms with Crippen molar-refractivity contribution in [2.45, 2.75) is 12.5 Å². The Morgan fingerprint density at radius 1 is 1.25 bits per heavy atom. The Morgan fingerprint density at radius 3 is 2.79 bits per heavy atom. The molecule has 2 aromatic rings. The van der Waals surface area contributed by atoms with E-state index in [1.807, 2.05) is 24.3 Å². The molecule has 6 nitrogen and oxygen atoms in total. The number of fused-ring (bicyclic) bond motifs is 1. The van der Waals surface area contributed by atoms with Crippen LogP contribution in [-0.4, -0.2) is 49.6 Å². The standard InChI is InChI=1S/C20H20BrFN2O4/c1-24(11-14-12-27-17-4-2-3-5-18(17)28-14)19(25)8-9-23-20(26)15-10-13(22)6-7-16(15)21/h2-7,10,14H,8-9,11-12H2,1H3,(H,23,26). The molecule has 8 heteroatoms. The van der Waals surface area contributed by atoms with Crippen molar-refractivity contribution in [1.29, 1.82) is 0 Å². The van der Waals surface area contributed by atoms with Crippen LogP contribution in [0.1, 0.15) is 16.8 Å². The number of hydrogen-bond donors (Lipinski definition) is 1. The summed E-state index contributed by atoms with van der Waals surface area (Å²) < 4.78 is 25.3. The van der Waals surface area contributed by atoms with Crippen molar-refractivity contribution < 1.29 is 23.5 Å². The summed E-state index contributed by atoms with van der Waals surface area (Å²) in [5, 5.41) is 2.63. The number of halogens is 2. The predicted molar refractivity (Wildman–Crippen MR) is 105 cm³/mol. The number of benzene rings is 2. The third kappa shape index (κ3) is 5.01. The van der Waals surface area contributed by atoms with Crippen molar-refractivity contribution in [1.82, 2.24) is 10.2 Å². The minimum atomic E-state index is -0.500. The van der Waals surface area contributed by atoms with E-state index in [1.54, 1.807) is 11.9 Å². The quantitative estimate of drug-likeness (QED) is 0.734. The molecule has 1 atom stereocenters. The fourth-order valence-electron chi connectivity index (χ4n) is 2.80. The van der Waals surface area contributed by atoms with Crippen LogP contribution in [0.3, 0.4) is 0 Å². The molecule has 0 bridgehead atoms. The fraction of sp³-hybridized carbons (Fsp3) is 0.300. The molecule has 1 aliphatic rings. The minimum Gasteiger partial charge on any atom is -0.486 e. The van der Waals surface area contributed by atoms with Crippen molar-refractivity contribution in [3.63, 3.8) is 0 Å². The highest BCUT2D eigenvalue weighted by Gasteiger charge is 2.23.